The van der Waals surface area contributed by atoms with Crippen LogP contribution < -0.4 is 0 Å². The Morgan fingerprint density at radius 1 is 0.724 bits per heavy atom. The summed E-state index contributed by atoms with van der Waals surface area (Å²) in [6.45, 7) is 4.47. The minimum atomic E-state index is 0.000428. The largest absolute Gasteiger partial charge is 0.207 e. The van der Waals surface area contributed by atoms with Crippen LogP contribution in [0.2, 0.25) is 0 Å². The first-order chi connectivity index (χ1) is 14.2. The summed E-state index contributed by atoms with van der Waals surface area (Å²) in [7, 11) is 0. The van der Waals surface area contributed by atoms with Crippen LogP contribution in [-0.2, 0) is 25.7 Å². The molecule has 1 aliphatic rings. The van der Waals surface area contributed by atoms with Gasteiger partial charge in [0.15, 0.2) is 0 Å². The van der Waals surface area contributed by atoms with Crippen molar-refractivity contribution in [3.05, 3.63) is 70.5 Å². The van der Waals surface area contributed by atoms with Crippen molar-refractivity contribution in [1.82, 2.24) is 0 Å². The lowest BCUT2D eigenvalue weighted by atomic mass is 9.78. The molecule has 29 heavy (non-hydrogen) atoms. The summed E-state index contributed by atoms with van der Waals surface area (Å²) < 4.78 is 14.6. The van der Waals surface area contributed by atoms with Crippen molar-refractivity contribution < 1.29 is 4.39 Å². The third-order valence-electron chi connectivity index (χ3n) is 7.01. The van der Waals surface area contributed by atoms with Gasteiger partial charge in [0.05, 0.1) is 0 Å². The summed E-state index contributed by atoms with van der Waals surface area (Å²) in [5.74, 6) is 1.76. The molecule has 0 spiro atoms. The third kappa shape index (κ3) is 6.98. The Kier molecular flexibility index (Phi) is 8.77. The maximum absolute atomic E-state index is 14.6. The fourth-order valence-electron chi connectivity index (χ4n) is 4.84. The van der Waals surface area contributed by atoms with E-state index >= 15 is 0 Å². The monoisotopic (exact) mass is 394 g/mol. The molecule has 2 aromatic carbocycles. The normalized spacial score (nSPS) is 19.4. The van der Waals surface area contributed by atoms with Gasteiger partial charge in [0.25, 0.3) is 0 Å². The molecule has 1 heteroatoms. The highest BCUT2D eigenvalue weighted by atomic mass is 19.1. The number of hydrogen-bond acceptors (Lipinski definition) is 0. The van der Waals surface area contributed by atoms with E-state index in [-0.39, 0.29) is 5.82 Å². The fourth-order valence-corrected chi connectivity index (χ4v) is 4.84. The number of aryl methyl sites for hydroxylation is 4. The van der Waals surface area contributed by atoms with Crippen molar-refractivity contribution >= 4 is 0 Å². The highest BCUT2D eigenvalue weighted by Gasteiger charge is 2.20. The van der Waals surface area contributed by atoms with E-state index in [9.17, 15) is 4.39 Å². The van der Waals surface area contributed by atoms with Gasteiger partial charge in [0.1, 0.15) is 5.82 Å². The van der Waals surface area contributed by atoms with Crippen LogP contribution in [0.15, 0.2) is 42.5 Å². The Morgan fingerprint density at radius 3 is 1.93 bits per heavy atom. The first kappa shape index (κ1) is 22.1. The molecule has 0 aliphatic heterocycles. The average Bonchev–Trinajstić information content (AvgIpc) is 2.76. The van der Waals surface area contributed by atoms with Gasteiger partial charge >= 0.3 is 0 Å². The molecule has 0 heterocycles. The maximum atomic E-state index is 14.6. The number of benzene rings is 2. The molecule has 1 aliphatic carbocycles. The molecule has 0 amide bonds. The van der Waals surface area contributed by atoms with Crippen LogP contribution in [0.25, 0.3) is 0 Å². The Labute approximate surface area is 177 Å². The summed E-state index contributed by atoms with van der Waals surface area (Å²) in [4.78, 5) is 0. The van der Waals surface area contributed by atoms with Crippen LogP contribution in [-0.4, -0.2) is 0 Å². The summed E-state index contributed by atoms with van der Waals surface area (Å²) in [6.07, 6.45) is 14.6. The minimum Gasteiger partial charge on any atom is -0.207 e. The zero-order valence-corrected chi connectivity index (χ0v) is 18.6. The molecule has 0 aromatic heterocycles. The van der Waals surface area contributed by atoms with E-state index in [0.29, 0.717) is 0 Å². The van der Waals surface area contributed by atoms with Crippen LogP contribution in [0.3, 0.4) is 0 Å². The van der Waals surface area contributed by atoms with Crippen molar-refractivity contribution in [3.63, 3.8) is 0 Å². The average molecular weight is 395 g/mol. The van der Waals surface area contributed by atoms with Crippen LogP contribution in [0.1, 0.15) is 87.5 Å². The van der Waals surface area contributed by atoms with Gasteiger partial charge in [-0.1, -0.05) is 95.2 Å². The summed E-state index contributed by atoms with van der Waals surface area (Å²) in [5, 5.41) is 0. The van der Waals surface area contributed by atoms with E-state index in [1.54, 1.807) is 6.07 Å². The fraction of sp³-hybridized carbons (Fsp3) is 0.571. The Hall–Kier alpha value is -1.63. The van der Waals surface area contributed by atoms with Crippen LogP contribution >= 0.6 is 0 Å². The standard InChI is InChI=1S/C28H39F/c1-3-5-6-23-11-13-25(14-12-23)17-19-27-20-18-26(21-28(27)29)16-15-24-9-7-22(4-2)8-10-24/h7-10,18,20-21,23,25H,3-6,11-17,19H2,1-2H3. The van der Waals surface area contributed by atoms with Crippen molar-refractivity contribution in [2.24, 2.45) is 11.8 Å². The Balaban J connectivity index is 1.43. The summed E-state index contributed by atoms with van der Waals surface area (Å²) >= 11 is 0. The number of rotatable bonds is 10. The molecule has 158 valence electrons. The lowest BCUT2D eigenvalue weighted by Gasteiger charge is -2.28. The molecule has 0 unspecified atom stereocenters. The number of halogens is 1. The zero-order valence-electron chi connectivity index (χ0n) is 18.6. The SMILES string of the molecule is CCCCC1CCC(CCc2ccc(CCc3ccc(CC)cc3)cc2F)CC1. The minimum absolute atomic E-state index is 0.000428. The van der Waals surface area contributed by atoms with Gasteiger partial charge in [-0.05, 0) is 72.3 Å². The molecular formula is C28H39F. The topological polar surface area (TPSA) is 0 Å². The van der Waals surface area contributed by atoms with Gasteiger partial charge in [0.2, 0.25) is 0 Å². The van der Waals surface area contributed by atoms with Crippen molar-refractivity contribution in [2.75, 3.05) is 0 Å². The molecule has 0 radical (unpaired) electrons. The van der Waals surface area contributed by atoms with Gasteiger partial charge < -0.3 is 0 Å². The molecule has 3 rings (SSSR count). The molecule has 0 saturated heterocycles. The van der Waals surface area contributed by atoms with Gasteiger partial charge in [-0.15, -0.1) is 0 Å². The van der Waals surface area contributed by atoms with E-state index in [4.69, 9.17) is 0 Å². The van der Waals surface area contributed by atoms with Gasteiger partial charge in [-0.2, -0.15) is 0 Å². The highest BCUT2D eigenvalue weighted by Crippen LogP contribution is 2.34. The Morgan fingerprint density at radius 2 is 1.31 bits per heavy atom. The molecule has 0 bridgehead atoms. The number of hydrogen-bond donors (Lipinski definition) is 0. The molecule has 1 fully saturated rings. The Bertz CT molecular complexity index is 722. The molecule has 0 N–H and O–H groups in total. The van der Waals surface area contributed by atoms with Crippen LogP contribution in [0.4, 0.5) is 4.39 Å². The molecule has 2 aromatic rings. The molecule has 1 saturated carbocycles. The lowest BCUT2D eigenvalue weighted by Crippen LogP contribution is -2.15. The van der Waals surface area contributed by atoms with E-state index < -0.39 is 0 Å². The lowest BCUT2D eigenvalue weighted by molar-refractivity contribution is 0.249. The van der Waals surface area contributed by atoms with E-state index in [1.807, 2.05) is 6.07 Å². The third-order valence-corrected chi connectivity index (χ3v) is 7.01. The molecule has 0 atom stereocenters. The zero-order chi connectivity index (χ0) is 20.5. The van der Waals surface area contributed by atoms with Crippen molar-refractivity contribution in [1.29, 1.82) is 0 Å². The second-order valence-electron chi connectivity index (χ2n) is 9.16. The van der Waals surface area contributed by atoms with Gasteiger partial charge in [0, 0.05) is 0 Å². The molecule has 0 nitrogen and oxygen atoms in total. The first-order valence-electron chi connectivity index (χ1n) is 12.0. The van der Waals surface area contributed by atoms with E-state index in [0.717, 1.165) is 55.1 Å². The quantitative estimate of drug-likeness (QED) is 0.382. The second kappa shape index (κ2) is 11.5. The predicted molar refractivity (Wildman–Crippen MR) is 123 cm³/mol. The summed E-state index contributed by atoms with van der Waals surface area (Å²) in [5.41, 5.74) is 4.73. The number of unbranched alkanes of at least 4 members (excludes halogenated alkanes) is 1. The second-order valence-corrected chi connectivity index (χ2v) is 9.16. The highest BCUT2D eigenvalue weighted by molar-refractivity contribution is 5.27. The van der Waals surface area contributed by atoms with Gasteiger partial charge in [-0.25, -0.2) is 4.39 Å². The van der Waals surface area contributed by atoms with Crippen LogP contribution in [0, 0.1) is 17.7 Å². The maximum Gasteiger partial charge on any atom is 0.126 e. The molecular weight excluding hydrogens is 355 g/mol. The van der Waals surface area contributed by atoms with E-state index in [1.165, 1.54) is 56.1 Å². The van der Waals surface area contributed by atoms with Gasteiger partial charge in [-0.3, -0.25) is 0 Å². The predicted octanol–water partition coefficient (Wildman–Crippen LogP) is 8.10. The van der Waals surface area contributed by atoms with E-state index in [2.05, 4.69) is 44.2 Å². The smallest absolute Gasteiger partial charge is 0.126 e. The summed E-state index contributed by atoms with van der Waals surface area (Å²) in [6, 6.07) is 14.8. The van der Waals surface area contributed by atoms with Crippen molar-refractivity contribution in [3.8, 4) is 0 Å². The first-order valence-corrected chi connectivity index (χ1v) is 12.0. The van der Waals surface area contributed by atoms with Crippen molar-refractivity contribution in [2.45, 2.75) is 90.9 Å². The van der Waals surface area contributed by atoms with Crippen LogP contribution in [0.5, 0.6) is 0 Å².